The molecular formula is C28H43N3O5Si2. The van der Waals surface area contributed by atoms with Crippen molar-refractivity contribution in [3.8, 4) is 0 Å². The van der Waals surface area contributed by atoms with E-state index in [1.165, 1.54) is 0 Å². The molecule has 1 N–H and O–H groups in total. The minimum atomic E-state index is -2.12. The van der Waals surface area contributed by atoms with Crippen molar-refractivity contribution < 1.29 is 13.6 Å². The number of ether oxygens (including phenoxy) is 1. The summed E-state index contributed by atoms with van der Waals surface area (Å²) >= 11 is 0. The molecule has 3 atom stereocenters. The maximum atomic E-state index is 13.2. The maximum absolute atomic E-state index is 13.2. The summed E-state index contributed by atoms with van der Waals surface area (Å²) < 4.78 is 21.5. The summed E-state index contributed by atoms with van der Waals surface area (Å²) in [7, 11) is -4.14. The minimum Gasteiger partial charge on any atom is -0.414 e. The molecule has 0 amide bonds. The second-order valence-corrected chi connectivity index (χ2v) is 23.1. The molecule has 8 nitrogen and oxygen atoms in total. The zero-order valence-electron chi connectivity index (χ0n) is 24.5. The third-order valence-electron chi connectivity index (χ3n) is 8.80. The molecule has 1 aliphatic rings. The maximum Gasteiger partial charge on any atom is 0.351 e. The first kappa shape index (κ1) is 28.9. The first-order valence-corrected chi connectivity index (χ1v) is 19.2. The number of H-pyrrole nitrogens is 1. The number of nitrogens with one attached hydrogen (secondary N) is 1. The van der Waals surface area contributed by atoms with Gasteiger partial charge in [0.05, 0.1) is 12.7 Å². The molecule has 1 aromatic carbocycles. The lowest BCUT2D eigenvalue weighted by Crippen LogP contribution is -2.48. The Morgan fingerprint density at radius 1 is 0.974 bits per heavy atom. The van der Waals surface area contributed by atoms with E-state index in [1.807, 2.05) is 18.2 Å². The molecule has 0 saturated carbocycles. The molecule has 1 aliphatic heterocycles. The molecule has 0 aliphatic carbocycles. The average molecular weight is 558 g/mol. The molecule has 3 heterocycles. The van der Waals surface area contributed by atoms with Crippen LogP contribution < -0.4 is 11.2 Å². The Labute approximate surface area is 227 Å². The molecule has 0 spiro atoms. The molecule has 10 heteroatoms. The van der Waals surface area contributed by atoms with Gasteiger partial charge < -0.3 is 18.6 Å². The predicted octanol–water partition coefficient (Wildman–Crippen LogP) is 5.94. The number of fused-ring (bicyclic) bond motifs is 3. The first-order valence-electron chi connectivity index (χ1n) is 13.4. The molecule has 1 saturated heterocycles. The monoisotopic (exact) mass is 557 g/mol. The van der Waals surface area contributed by atoms with Crippen LogP contribution in [0, 0.1) is 0 Å². The number of aromatic nitrogens is 3. The molecule has 0 unspecified atom stereocenters. The lowest BCUT2D eigenvalue weighted by molar-refractivity contribution is -0.0410. The molecule has 2 aromatic heterocycles. The van der Waals surface area contributed by atoms with Gasteiger partial charge in [0.2, 0.25) is 0 Å². The minimum absolute atomic E-state index is 0.0298. The van der Waals surface area contributed by atoms with Crippen LogP contribution in [0.25, 0.3) is 21.8 Å². The number of benzene rings is 1. The van der Waals surface area contributed by atoms with Crippen LogP contribution in [-0.2, 0) is 13.6 Å². The van der Waals surface area contributed by atoms with Gasteiger partial charge in [0.25, 0.3) is 5.56 Å². The van der Waals surface area contributed by atoms with Crippen LogP contribution in [-0.4, -0.2) is 50.0 Å². The largest absolute Gasteiger partial charge is 0.414 e. The van der Waals surface area contributed by atoms with Gasteiger partial charge in [-0.3, -0.25) is 9.36 Å². The van der Waals surface area contributed by atoms with E-state index in [0.717, 1.165) is 5.39 Å². The van der Waals surface area contributed by atoms with Crippen LogP contribution in [0.3, 0.4) is 0 Å². The number of nitrogens with zero attached hydrogens (tertiary/aromatic N) is 2. The summed E-state index contributed by atoms with van der Waals surface area (Å²) in [6.07, 6.45) is 1.21. The van der Waals surface area contributed by atoms with Crippen molar-refractivity contribution in [2.24, 2.45) is 0 Å². The van der Waals surface area contributed by atoms with Crippen molar-refractivity contribution in [2.45, 2.75) is 103 Å². The van der Waals surface area contributed by atoms with Crippen molar-refractivity contribution in [2.75, 3.05) is 6.61 Å². The topological polar surface area (TPSA) is 95.4 Å². The molecule has 0 bridgehead atoms. The van der Waals surface area contributed by atoms with Crippen molar-refractivity contribution in [1.82, 2.24) is 14.5 Å². The van der Waals surface area contributed by atoms with E-state index in [0.29, 0.717) is 23.8 Å². The Morgan fingerprint density at radius 2 is 1.58 bits per heavy atom. The van der Waals surface area contributed by atoms with Crippen LogP contribution in [0.15, 0.2) is 40.1 Å². The molecule has 0 radical (unpaired) electrons. The van der Waals surface area contributed by atoms with Crippen molar-refractivity contribution in [3.05, 3.63) is 51.3 Å². The third kappa shape index (κ3) is 5.46. The van der Waals surface area contributed by atoms with Gasteiger partial charge in [-0.2, -0.15) is 4.98 Å². The van der Waals surface area contributed by atoms with E-state index in [-0.39, 0.29) is 33.5 Å². The third-order valence-corrected chi connectivity index (χ3v) is 17.8. The van der Waals surface area contributed by atoms with Crippen molar-refractivity contribution in [3.63, 3.8) is 0 Å². The van der Waals surface area contributed by atoms with Crippen LogP contribution >= 0.6 is 0 Å². The number of aromatic amines is 1. The van der Waals surface area contributed by atoms with Crippen LogP contribution in [0.4, 0.5) is 0 Å². The molecule has 208 valence electrons. The Hall–Kier alpha value is -2.12. The predicted molar refractivity (Wildman–Crippen MR) is 158 cm³/mol. The number of hydrogen-bond donors (Lipinski definition) is 1. The van der Waals surface area contributed by atoms with Gasteiger partial charge >= 0.3 is 5.69 Å². The van der Waals surface area contributed by atoms with E-state index < -0.39 is 28.6 Å². The lowest BCUT2D eigenvalue weighted by Gasteiger charge is -2.40. The average Bonchev–Trinajstić information content (AvgIpc) is 3.17. The quantitative estimate of drug-likeness (QED) is 0.298. The Balaban J connectivity index is 1.72. The van der Waals surface area contributed by atoms with Gasteiger partial charge in [0, 0.05) is 23.4 Å². The van der Waals surface area contributed by atoms with Gasteiger partial charge in [-0.1, -0.05) is 59.7 Å². The van der Waals surface area contributed by atoms with E-state index >= 15 is 0 Å². The summed E-state index contributed by atoms with van der Waals surface area (Å²) in [4.78, 5) is 32.7. The van der Waals surface area contributed by atoms with Crippen LogP contribution in [0.1, 0.15) is 54.2 Å². The zero-order chi connectivity index (χ0) is 28.3. The summed E-state index contributed by atoms with van der Waals surface area (Å²) in [6.45, 7) is 22.7. The van der Waals surface area contributed by atoms with Gasteiger partial charge in [-0.25, -0.2) is 4.79 Å². The second-order valence-electron chi connectivity index (χ2n) is 13.5. The lowest BCUT2D eigenvalue weighted by atomic mass is 10.1. The second kappa shape index (κ2) is 9.81. The van der Waals surface area contributed by atoms with Gasteiger partial charge in [0.15, 0.2) is 16.6 Å². The molecule has 1 fully saturated rings. The van der Waals surface area contributed by atoms with Crippen LogP contribution in [0.2, 0.25) is 36.3 Å². The van der Waals surface area contributed by atoms with E-state index in [4.69, 9.17) is 13.6 Å². The summed E-state index contributed by atoms with van der Waals surface area (Å²) in [5.41, 5.74) is -0.453. The Kier molecular flexibility index (Phi) is 7.46. The van der Waals surface area contributed by atoms with Crippen molar-refractivity contribution in [1.29, 1.82) is 0 Å². The number of hydrogen-bond acceptors (Lipinski definition) is 6. The SMILES string of the molecule is CC(C)(C)[Si](C)(C)OC[C@H]1O[C@@H](n2cc3c(nc2=O)[nH]c(=O)c2ccccc23)C[C@@H]1O[Si](C)(C)C(C)(C)C. The fourth-order valence-electron chi connectivity index (χ4n) is 4.27. The highest BCUT2D eigenvalue weighted by Crippen LogP contribution is 2.42. The number of rotatable bonds is 6. The molecular weight excluding hydrogens is 514 g/mol. The first-order chi connectivity index (χ1) is 17.4. The van der Waals surface area contributed by atoms with Gasteiger partial charge in [-0.15, -0.1) is 0 Å². The van der Waals surface area contributed by atoms with Crippen LogP contribution in [0.5, 0.6) is 0 Å². The van der Waals surface area contributed by atoms with Crippen molar-refractivity contribution >= 4 is 38.4 Å². The normalized spacial score (nSPS) is 21.5. The standard InChI is InChI=1S/C28H43N3O5Si2/c1-27(2,3)37(7,8)34-17-22-21(36-38(9,10)28(4,5)6)15-23(35-22)31-16-20-18-13-11-12-14-19(18)25(32)29-24(20)30-26(31)33/h11-14,16,21-23H,15,17H2,1-10H3,(H,29,30,32,33)/t21-,22+,23+/m0/s1. The summed E-state index contributed by atoms with van der Waals surface area (Å²) in [5.74, 6) is 0. The molecule has 4 rings (SSSR count). The summed E-state index contributed by atoms with van der Waals surface area (Å²) in [5, 5.41) is 2.10. The zero-order valence-corrected chi connectivity index (χ0v) is 26.5. The highest BCUT2D eigenvalue weighted by Gasteiger charge is 2.46. The summed E-state index contributed by atoms with van der Waals surface area (Å²) in [6, 6.07) is 7.34. The van der Waals surface area contributed by atoms with Gasteiger partial charge in [0.1, 0.15) is 18.0 Å². The fourth-order valence-corrected chi connectivity index (χ4v) is 6.64. The highest BCUT2D eigenvalue weighted by molar-refractivity contribution is 6.74. The van der Waals surface area contributed by atoms with E-state index in [9.17, 15) is 9.59 Å². The van der Waals surface area contributed by atoms with E-state index in [2.05, 4.69) is 77.7 Å². The molecule has 3 aromatic rings. The highest BCUT2D eigenvalue weighted by atomic mass is 28.4. The number of pyridine rings is 1. The molecule has 38 heavy (non-hydrogen) atoms. The Bertz CT molecular complexity index is 1450. The smallest absolute Gasteiger partial charge is 0.351 e. The Morgan fingerprint density at radius 3 is 2.18 bits per heavy atom. The van der Waals surface area contributed by atoms with E-state index in [1.54, 1.807) is 16.8 Å². The fraction of sp³-hybridized carbons (Fsp3) is 0.607. The van der Waals surface area contributed by atoms with Gasteiger partial charge in [-0.05, 0) is 47.7 Å².